The lowest BCUT2D eigenvalue weighted by Crippen LogP contribution is -2.30. The van der Waals surface area contributed by atoms with Gasteiger partial charge in [0.05, 0.1) is 5.75 Å². The molecule has 0 heterocycles. The summed E-state index contributed by atoms with van der Waals surface area (Å²) >= 11 is 1.61. The first-order valence-electron chi connectivity index (χ1n) is 5.16. The highest BCUT2D eigenvalue weighted by molar-refractivity contribution is 7.99. The van der Waals surface area contributed by atoms with Gasteiger partial charge < -0.3 is 11.1 Å². The van der Waals surface area contributed by atoms with E-state index >= 15 is 0 Å². The number of hydrogen-bond acceptors (Lipinski definition) is 3. The summed E-state index contributed by atoms with van der Waals surface area (Å²) in [4.78, 5) is 11.2. The molecule has 0 rings (SSSR count). The Labute approximate surface area is 91.2 Å². The summed E-state index contributed by atoms with van der Waals surface area (Å²) in [5.74, 6) is 2.03. The Bertz CT molecular complexity index is 162. The van der Waals surface area contributed by atoms with Gasteiger partial charge in [0, 0.05) is 18.3 Å². The van der Waals surface area contributed by atoms with Gasteiger partial charge in [0.2, 0.25) is 5.91 Å². The first kappa shape index (κ1) is 13.8. The topological polar surface area (TPSA) is 55.1 Å². The van der Waals surface area contributed by atoms with Gasteiger partial charge >= 0.3 is 0 Å². The third kappa shape index (κ3) is 8.38. The number of rotatable bonds is 7. The number of nitrogens with two attached hydrogens (primary N) is 1. The molecular formula is C10H22N2OS. The number of thioether (sulfide) groups is 1. The van der Waals surface area contributed by atoms with Crippen molar-refractivity contribution in [3.8, 4) is 0 Å². The second-order valence-corrected chi connectivity index (χ2v) is 4.91. The molecule has 0 fully saturated rings. The molecule has 0 aliphatic rings. The fourth-order valence-electron chi connectivity index (χ4n) is 0.790. The molecule has 0 radical (unpaired) electrons. The van der Waals surface area contributed by atoms with E-state index in [0.29, 0.717) is 11.7 Å². The summed E-state index contributed by atoms with van der Waals surface area (Å²) < 4.78 is 0. The zero-order valence-electron chi connectivity index (χ0n) is 9.38. The highest BCUT2D eigenvalue weighted by Gasteiger charge is 2.04. The zero-order chi connectivity index (χ0) is 11.0. The van der Waals surface area contributed by atoms with Crippen LogP contribution in [0.3, 0.4) is 0 Å². The number of carbonyl (C=O) groups is 1. The molecule has 0 aromatic carbocycles. The van der Waals surface area contributed by atoms with Gasteiger partial charge in [-0.15, -0.1) is 0 Å². The molecule has 0 aromatic heterocycles. The standard InChI is InChI=1S/C10H22N2OS/c1-4-9(11)6-14-7-10(13)12-5-8(2)3/h8-9H,4-7,11H2,1-3H3,(H,12,13). The fourth-order valence-corrected chi connectivity index (χ4v) is 1.73. The van der Waals surface area contributed by atoms with Crippen LogP contribution >= 0.6 is 11.8 Å². The molecule has 0 spiro atoms. The molecule has 3 N–H and O–H groups in total. The smallest absolute Gasteiger partial charge is 0.230 e. The van der Waals surface area contributed by atoms with Gasteiger partial charge in [-0.05, 0) is 12.3 Å². The van der Waals surface area contributed by atoms with Crippen LogP contribution in [-0.4, -0.2) is 30.0 Å². The Hall–Kier alpha value is -0.220. The van der Waals surface area contributed by atoms with E-state index in [0.717, 1.165) is 18.7 Å². The summed E-state index contributed by atoms with van der Waals surface area (Å²) in [6.07, 6.45) is 0.973. The minimum Gasteiger partial charge on any atom is -0.355 e. The van der Waals surface area contributed by atoms with E-state index in [9.17, 15) is 4.79 Å². The van der Waals surface area contributed by atoms with Crippen LogP contribution in [0.15, 0.2) is 0 Å². The van der Waals surface area contributed by atoms with Crippen molar-refractivity contribution in [3.63, 3.8) is 0 Å². The van der Waals surface area contributed by atoms with Crippen LogP contribution in [0.2, 0.25) is 0 Å². The van der Waals surface area contributed by atoms with Crippen LogP contribution in [0.5, 0.6) is 0 Å². The van der Waals surface area contributed by atoms with Gasteiger partial charge in [-0.1, -0.05) is 20.8 Å². The van der Waals surface area contributed by atoms with Gasteiger partial charge in [-0.3, -0.25) is 4.79 Å². The lowest BCUT2D eigenvalue weighted by molar-refractivity contribution is -0.118. The van der Waals surface area contributed by atoms with E-state index in [2.05, 4.69) is 26.1 Å². The molecule has 1 atom stereocenters. The maximum absolute atomic E-state index is 11.2. The molecule has 0 saturated carbocycles. The highest BCUT2D eigenvalue weighted by atomic mass is 32.2. The maximum atomic E-state index is 11.2. The van der Waals surface area contributed by atoms with Crippen molar-refractivity contribution in [1.29, 1.82) is 0 Å². The van der Waals surface area contributed by atoms with E-state index < -0.39 is 0 Å². The Kier molecular flexibility index (Phi) is 7.99. The fraction of sp³-hybridized carbons (Fsp3) is 0.900. The average molecular weight is 218 g/mol. The molecular weight excluding hydrogens is 196 g/mol. The molecule has 0 bridgehead atoms. The van der Waals surface area contributed by atoms with E-state index in [-0.39, 0.29) is 11.9 Å². The molecule has 4 heteroatoms. The van der Waals surface area contributed by atoms with Crippen LogP contribution in [-0.2, 0) is 4.79 Å². The maximum Gasteiger partial charge on any atom is 0.230 e. The van der Waals surface area contributed by atoms with E-state index in [1.807, 2.05) is 0 Å². The lowest BCUT2D eigenvalue weighted by atomic mass is 10.2. The molecule has 1 amide bonds. The van der Waals surface area contributed by atoms with Crippen molar-refractivity contribution >= 4 is 17.7 Å². The SMILES string of the molecule is CCC(N)CSCC(=O)NCC(C)C. The number of amides is 1. The second-order valence-electron chi connectivity index (χ2n) is 3.88. The van der Waals surface area contributed by atoms with Crippen LogP contribution in [0.4, 0.5) is 0 Å². The molecule has 1 unspecified atom stereocenters. The number of carbonyl (C=O) groups excluding carboxylic acids is 1. The van der Waals surface area contributed by atoms with Crippen LogP contribution < -0.4 is 11.1 Å². The van der Waals surface area contributed by atoms with Crippen LogP contribution in [0.1, 0.15) is 27.2 Å². The molecule has 0 aliphatic carbocycles. The van der Waals surface area contributed by atoms with Crippen molar-refractivity contribution in [2.75, 3.05) is 18.1 Å². The minimum atomic E-state index is 0.118. The predicted octanol–water partition coefficient (Wildman–Crippen LogP) is 1.23. The van der Waals surface area contributed by atoms with Crippen LogP contribution in [0, 0.1) is 5.92 Å². The Morgan fingerprint density at radius 1 is 1.50 bits per heavy atom. The third-order valence-electron chi connectivity index (χ3n) is 1.80. The summed E-state index contributed by atoms with van der Waals surface area (Å²) in [6.45, 7) is 6.99. The highest BCUT2D eigenvalue weighted by Crippen LogP contribution is 2.03. The van der Waals surface area contributed by atoms with E-state index in [4.69, 9.17) is 5.73 Å². The van der Waals surface area contributed by atoms with Crippen molar-refractivity contribution in [2.24, 2.45) is 11.7 Å². The number of nitrogens with one attached hydrogen (secondary N) is 1. The quantitative estimate of drug-likeness (QED) is 0.676. The number of hydrogen-bond donors (Lipinski definition) is 2. The molecule has 0 saturated heterocycles. The Morgan fingerprint density at radius 2 is 2.14 bits per heavy atom. The largest absolute Gasteiger partial charge is 0.355 e. The van der Waals surface area contributed by atoms with Gasteiger partial charge in [0.15, 0.2) is 0 Å². The summed E-state index contributed by atoms with van der Waals surface area (Å²) in [7, 11) is 0. The molecule has 0 aromatic rings. The second kappa shape index (κ2) is 8.12. The summed E-state index contributed by atoms with van der Waals surface area (Å²) in [5, 5.41) is 2.87. The zero-order valence-corrected chi connectivity index (χ0v) is 10.2. The monoisotopic (exact) mass is 218 g/mol. The third-order valence-corrected chi connectivity index (χ3v) is 2.93. The molecule has 3 nitrogen and oxygen atoms in total. The van der Waals surface area contributed by atoms with Crippen molar-refractivity contribution in [2.45, 2.75) is 33.2 Å². The van der Waals surface area contributed by atoms with Gasteiger partial charge in [-0.25, -0.2) is 0 Å². The minimum absolute atomic E-state index is 0.118. The predicted molar refractivity (Wildman–Crippen MR) is 63.4 cm³/mol. The summed E-state index contributed by atoms with van der Waals surface area (Å²) in [5.41, 5.74) is 5.73. The first-order chi connectivity index (χ1) is 6.56. The first-order valence-corrected chi connectivity index (χ1v) is 6.31. The van der Waals surface area contributed by atoms with Gasteiger partial charge in [0.25, 0.3) is 0 Å². The van der Waals surface area contributed by atoms with Crippen molar-refractivity contribution < 1.29 is 4.79 Å². The van der Waals surface area contributed by atoms with Gasteiger partial charge in [0.1, 0.15) is 0 Å². The van der Waals surface area contributed by atoms with E-state index in [1.54, 1.807) is 11.8 Å². The Balaban J connectivity index is 3.35. The molecule has 84 valence electrons. The molecule has 0 aliphatic heterocycles. The molecule has 14 heavy (non-hydrogen) atoms. The summed E-state index contributed by atoms with van der Waals surface area (Å²) in [6, 6.07) is 0.220. The van der Waals surface area contributed by atoms with Crippen LogP contribution in [0.25, 0.3) is 0 Å². The normalized spacial score (nSPS) is 12.9. The van der Waals surface area contributed by atoms with Crippen molar-refractivity contribution in [1.82, 2.24) is 5.32 Å². The van der Waals surface area contributed by atoms with Gasteiger partial charge in [-0.2, -0.15) is 11.8 Å². The average Bonchev–Trinajstić information content (AvgIpc) is 2.14. The van der Waals surface area contributed by atoms with Crippen molar-refractivity contribution in [3.05, 3.63) is 0 Å². The van der Waals surface area contributed by atoms with E-state index in [1.165, 1.54) is 0 Å². The lowest BCUT2D eigenvalue weighted by Gasteiger charge is -2.09. The Morgan fingerprint density at radius 3 is 2.64 bits per heavy atom.